The number of fused-ring (bicyclic) bond motifs is 1. The average molecular weight is 339 g/mol. The Balaban J connectivity index is 1.90. The van der Waals surface area contributed by atoms with Gasteiger partial charge in [0.25, 0.3) is 0 Å². The Morgan fingerprint density at radius 3 is 2.74 bits per heavy atom. The maximum absolute atomic E-state index is 4.90. The van der Waals surface area contributed by atoms with E-state index in [4.69, 9.17) is 4.98 Å². The lowest BCUT2D eigenvalue weighted by Crippen LogP contribution is -1.99. The highest BCUT2D eigenvalue weighted by atomic mass is 32.2. The number of aryl methyl sites for hydroxylation is 1. The monoisotopic (exact) mass is 339 g/mol. The molecule has 0 radical (unpaired) electrons. The fourth-order valence-corrected chi connectivity index (χ4v) is 4.21. The van der Waals surface area contributed by atoms with Gasteiger partial charge >= 0.3 is 0 Å². The first kappa shape index (κ1) is 14.8. The van der Waals surface area contributed by atoms with E-state index in [0.717, 1.165) is 40.1 Å². The van der Waals surface area contributed by atoms with Crippen LogP contribution in [-0.2, 0) is 6.54 Å². The Morgan fingerprint density at radius 1 is 1.17 bits per heavy atom. The van der Waals surface area contributed by atoms with Crippen LogP contribution in [0.2, 0.25) is 0 Å². The average Bonchev–Trinajstić information content (AvgIpc) is 3.15. The third-order valence-corrected chi connectivity index (χ3v) is 5.70. The van der Waals surface area contributed by atoms with Gasteiger partial charge in [-0.2, -0.15) is 0 Å². The summed E-state index contributed by atoms with van der Waals surface area (Å²) in [7, 11) is 0. The molecule has 1 aromatic carbocycles. The number of aromatic nitrogens is 3. The van der Waals surface area contributed by atoms with Crippen LogP contribution in [0.5, 0.6) is 0 Å². The van der Waals surface area contributed by atoms with E-state index in [1.165, 1.54) is 10.5 Å². The molecule has 1 aliphatic heterocycles. The van der Waals surface area contributed by atoms with E-state index in [9.17, 15) is 0 Å². The second-order valence-corrected chi connectivity index (χ2v) is 7.48. The van der Waals surface area contributed by atoms with E-state index in [-0.39, 0.29) is 0 Å². The van der Waals surface area contributed by atoms with Gasteiger partial charge in [-0.3, -0.25) is 4.98 Å². The minimum absolute atomic E-state index is 1.00. The topological polar surface area (TPSA) is 30.7 Å². The summed E-state index contributed by atoms with van der Waals surface area (Å²) in [5, 5.41) is 1.10. The molecule has 0 bridgehead atoms. The van der Waals surface area contributed by atoms with E-state index in [2.05, 4.69) is 53.1 Å². The van der Waals surface area contributed by atoms with Crippen LogP contribution in [-0.4, -0.2) is 26.5 Å². The molecule has 0 amide bonds. The van der Waals surface area contributed by atoms with Crippen molar-refractivity contribution < 1.29 is 0 Å². The van der Waals surface area contributed by atoms with Crippen molar-refractivity contribution in [1.82, 2.24) is 14.5 Å². The Morgan fingerprint density at radius 2 is 2.00 bits per heavy atom. The van der Waals surface area contributed by atoms with E-state index in [1.54, 1.807) is 11.8 Å². The number of nitrogens with zero attached hydrogens (tertiary/aromatic N) is 3. The molecule has 3 aromatic rings. The molecule has 116 valence electrons. The van der Waals surface area contributed by atoms with Gasteiger partial charge in [0.15, 0.2) is 5.16 Å². The molecule has 5 heteroatoms. The predicted molar refractivity (Wildman–Crippen MR) is 98.1 cm³/mol. The molecular formula is C18H17N3S2. The minimum Gasteiger partial charge on any atom is -0.316 e. The summed E-state index contributed by atoms with van der Waals surface area (Å²) in [4.78, 5) is 10.8. The summed E-state index contributed by atoms with van der Waals surface area (Å²) in [6, 6.07) is 12.8. The van der Waals surface area contributed by atoms with Gasteiger partial charge in [0.05, 0.1) is 17.1 Å². The maximum Gasteiger partial charge on any atom is 0.169 e. The Bertz CT molecular complexity index is 853. The quantitative estimate of drug-likeness (QED) is 0.644. The van der Waals surface area contributed by atoms with E-state index >= 15 is 0 Å². The molecule has 3 heterocycles. The maximum atomic E-state index is 4.90. The zero-order valence-corrected chi connectivity index (χ0v) is 14.7. The summed E-state index contributed by atoms with van der Waals surface area (Å²) in [6.07, 6.45) is 3.98. The molecule has 3 nitrogen and oxygen atoms in total. The van der Waals surface area contributed by atoms with Crippen molar-refractivity contribution in [2.75, 3.05) is 12.0 Å². The van der Waals surface area contributed by atoms with Crippen molar-refractivity contribution in [3.63, 3.8) is 0 Å². The van der Waals surface area contributed by atoms with Crippen LogP contribution in [0.3, 0.4) is 0 Å². The standard InChI is InChI=1S/C18H17N3S2/c1-12-7-8-19-15(11-12)17-16(20-18-21(17)9-10-23-18)13-3-5-14(22-2)6-4-13/h3-8,11H,9-10H2,1-2H3. The van der Waals surface area contributed by atoms with Gasteiger partial charge in [-0.15, -0.1) is 11.8 Å². The lowest BCUT2D eigenvalue weighted by atomic mass is 10.1. The largest absolute Gasteiger partial charge is 0.316 e. The molecule has 0 unspecified atom stereocenters. The number of thioether (sulfide) groups is 2. The molecule has 0 N–H and O–H groups in total. The second-order valence-electron chi connectivity index (χ2n) is 5.54. The predicted octanol–water partition coefficient (Wildman–Crippen LogP) is 4.75. The molecule has 2 aromatic heterocycles. The molecule has 4 rings (SSSR count). The number of imidazole rings is 1. The summed E-state index contributed by atoms with van der Waals surface area (Å²) in [6.45, 7) is 3.11. The van der Waals surface area contributed by atoms with Crippen LogP contribution in [0.4, 0.5) is 0 Å². The summed E-state index contributed by atoms with van der Waals surface area (Å²) in [5.74, 6) is 1.09. The van der Waals surface area contributed by atoms with Crippen molar-refractivity contribution in [2.45, 2.75) is 23.5 Å². The summed E-state index contributed by atoms with van der Waals surface area (Å²) in [5.41, 5.74) is 5.57. The van der Waals surface area contributed by atoms with Gasteiger partial charge in [0, 0.05) is 29.0 Å². The summed E-state index contributed by atoms with van der Waals surface area (Å²) < 4.78 is 2.31. The van der Waals surface area contributed by atoms with Crippen molar-refractivity contribution in [3.05, 3.63) is 48.2 Å². The number of rotatable bonds is 3. The van der Waals surface area contributed by atoms with Crippen LogP contribution in [0.1, 0.15) is 5.56 Å². The zero-order chi connectivity index (χ0) is 15.8. The van der Waals surface area contributed by atoms with Crippen molar-refractivity contribution >= 4 is 23.5 Å². The number of hydrogen-bond acceptors (Lipinski definition) is 4. The highest BCUT2D eigenvalue weighted by Gasteiger charge is 2.24. The van der Waals surface area contributed by atoms with Crippen molar-refractivity contribution in [2.24, 2.45) is 0 Å². The first-order valence-corrected chi connectivity index (χ1v) is 9.78. The summed E-state index contributed by atoms with van der Waals surface area (Å²) >= 11 is 3.58. The third-order valence-electron chi connectivity index (χ3n) is 4.00. The Hall–Kier alpha value is -1.72. The van der Waals surface area contributed by atoms with Crippen molar-refractivity contribution in [1.29, 1.82) is 0 Å². The van der Waals surface area contributed by atoms with Crippen LogP contribution in [0.15, 0.2) is 52.6 Å². The van der Waals surface area contributed by atoms with Gasteiger partial charge in [-0.05, 0) is 43.0 Å². The minimum atomic E-state index is 1.00. The molecule has 0 saturated heterocycles. The number of hydrogen-bond donors (Lipinski definition) is 0. The number of pyridine rings is 1. The van der Waals surface area contributed by atoms with Gasteiger partial charge in [0.2, 0.25) is 0 Å². The van der Waals surface area contributed by atoms with E-state index < -0.39 is 0 Å². The zero-order valence-electron chi connectivity index (χ0n) is 13.1. The molecule has 0 atom stereocenters. The second kappa shape index (κ2) is 6.06. The lowest BCUT2D eigenvalue weighted by Gasteiger charge is -2.08. The van der Waals surface area contributed by atoms with E-state index in [1.807, 2.05) is 24.0 Å². The molecule has 0 fully saturated rings. The highest BCUT2D eigenvalue weighted by molar-refractivity contribution is 7.99. The molecule has 23 heavy (non-hydrogen) atoms. The first-order valence-electron chi connectivity index (χ1n) is 7.57. The molecule has 1 aliphatic rings. The Kier molecular flexibility index (Phi) is 3.91. The fraction of sp³-hybridized carbons (Fsp3) is 0.222. The smallest absolute Gasteiger partial charge is 0.169 e. The van der Waals surface area contributed by atoms with Gasteiger partial charge < -0.3 is 4.57 Å². The van der Waals surface area contributed by atoms with Crippen molar-refractivity contribution in [3.8, 4) is 22.6 Å². The van der Waals surface area contributed by atoms with Gasteiger partial charge in [-0.1, -0.05) is 23.9 Å². The first-order chi connectivity index (χ1) is 11.3. The third kappa shape index (κ3) is 2.68. The fourth-order valence-electron chi connectivity index (χ4n) is 2.85. The van der Waals surface area contributed by atoms with Crippen LogP contribution < -0.4 is 0 Å². The lowest BCUT2D eigenvalue weighted by molar-refractivity contribution is 0.724. The van der Waals surface area contributed by atoms with Crippen LogP contribution in [0, 0.1) is 6.92 Å². The normalized spacial score (nSPS) is 13.3. The Labute approximate surface area is 144 Å². The van der Waals surface area contributed by atoms with Crippen LogP contribution >= 0.6 is 23.5 Å². The molecule has 0 spiro atoms. The SMILES string of the molecule is CSc1ccc(-c2nc3n(c2-c2cc(C)ccn2)CCS3)cc1. The van der Waals surface area contributed by atoms with Gasteiger partial charge in [0.1, 0.15) is 0 Å². The molecule has 0 aliphatic carbocycles. The van der Waals surface area contributed by atoms with Crippen LogP contribution in [0.25, 0.3) is 22.6 Å². The molecular weight excluding hydrogens is 322 g/mol. The van der Waals surface area contributed by atoms with Gasteiger partial charge in [-0.25, -0.2) is 4.98 Å². The molecule has 0 saturated carbocycles. The highest BCUT2D eigenvalue weighted by Crippen LogP contribution is 2.38. The van der Waals surface area contributed by atoms with E-state index in [0.29, 0.717) is 0 Å². The number of benzene rings is 1.